The molecule has 27 heavy (non-hydrogen) atoms. The van der Waals surface area contributed by atoms with E-state index in [-0.39, 0.29) is 30.1 Å². The fraction of sp³-hybridized carbons (Fsp3) is 0.526. The number of morpholine rings is 1. The average Bonchev–Trinajstić information content (AvgIpc) is 2.85. The molecule has 8 nitrogen and oxygen atoms in total. The van der Waals surface area contributed by atoms with Crippen LogP contribution in [0.3, 0.4) is 0 Å². The number of hydrogen-bond donors (Lipinski definition) is 1. The standard InChI is InChI=1S/C19H25N3O5/c1-12-10-21(11-13(2)27-12)19(25)20-14-5-6-15-16(9-14)18(24)22(17(15)23)7-4-8-26-3/h5-6,9,12-13H,4,7-8,10-11H2,1-3H3,(H,20,25). The largest absolute Gasteiger partial charge is 0.385 e. The van der Waals surface area contributed by atoms with Gasteiger partial charge in [-0.15, -0.1) is 0 Å². The summed E-state index contributed by atoms with van der Waals surface area (Å²) in [5, 5.41) is 2.81. The molecule has 3 rings (SSSR count). The fourth-order valence-corrected chi connectivity index (χ4v) is 3.48. The van der Waals surface area contributed by atoms with Crippen molar-refractivity contribution in [3.63, 3.8) is 0 Å². The molecular formula is C19H25N3O5. The quantitative estimate of drug-likeness (QED) is 0.628. The lowest BCUT2D eigenvalue weighted by Gasteiger charge is -2.35. The van der Waals surface area contributed by atoms with Gasteiger partial charge in [0.2, 0.25) is 0 Å². The lowest BCUT2D eigenvalue weighted by atomic mass is 10.1. The summed E-state index contributed by atoms with van der Waals surface area (Å²) in [5.74, 6) is -0.643. The molecule has 2 atom stereocenters. The van der Waals surface area contributed by atoms with Gasteiger partial charge in [-0.3, -0.25) is 14.5 Å². The molecule has 8 heteroatoms. The van der Waals surface area contributed by atoms with Gasteiger partial charge in [-0.05, 0) is 38.5 Å². The van der Waals surface area contributed by atoms with Crippen molar-refractivity contribution in [2.24, 2.45) is 0 Å². The smallest absolute Gasteiger partial charge is 0.322 e. The van der Waals surface area contributed by atoms with Gasteiger partial charge in [-0.1, -0.05) is 0 Å². The summed E-state index contributed by atoms with van der Waals surface area (Å²) in [6.07, 6.45) is 0.526. The van der Waals surface area contributed by atoms with Gasteiger partial charge in [0.15, 0.2) is 0 Å². The maximum absolute atomic E-state index is 12.6. The SMILES string of the molecule is COCCCN1C(=O)c2ccc(NC(=O)N3CC(C)OC(C)C3)cc2C1=O. The molecule has 2 heterocycles. The van der Waals surface area contributed by atoms with E-state index in [1.54, 1.807) is 30.2 Å². The summed E-state index contributed by atoms with van der Waals surface area (Å²) in [5.41, 5.74) is 1.17. The van der Waals surface area contributed by atoms with Crippen LogP contribution < -0.4 is 5.32 Å². The first-order valence-corrected chi connectivity index (χ1v) is 9.11. The zero-order valence-electron chi connectivity index (χ0n) is 15.9. The monoisotopic (exact) mass is 375 g/mol. The van der Waals surface area contributed by atoms with Gasteiger partial charge < -0.3 is 19.7 Å². The number of nitrogens with zero attached hydrogens (tertiary/aromatic N) is 2. The molecule has 0 radical (unpaired) electrons. The molecule has 2 aliphatic heterocycles. The molecule has 0 aromatic heterocycles. The number of carbonyl (C=O) groups is 3. The van der Waals surface area contributed by atoms with Crippen molar-refractivity contribution < 1.29 is 23.9 Å². The summed E-state index contributed by atoms with van der Waals surface area (Å²) in [4.78, 5) is 40.4. The summed E-state index contributed by atoms with van der Waals surface area (Å²) >= 11 is 0. The zero-order valence-corrected chi connectivity index (χ0v) is 15.9. The number of methoxy groups -OCH3 is 1. The van der Waals surface area contributed by atoms with Crippen LogP contribution in [0.25, 0.3) is 0 Å². The molecule has 2 aliphatic rings. The third-order valence-electron chi connectivity index (χ3n) is 4.66. The molecule has 1 fully saturated rings. The highest BCUT2D eigenvalue weighted by Gasteiger charge is 2.35. The third-order valence-corrected chi connectivity index (χ3v) is 4.66. The van der Waals surface area contributed by atoms with Crippen molar-refractivity contribution in [1.29, 1.82) is 0 Å². The van der Waals surface area contributed by atoms with E-state index in [9.17, 15) is 14.4 Å². The van der Waals surface area contributed by atoms with Crippen LogP contribution in [-0.2, 0) is 9.47 Å². The number of ether oxygens (including phenoxy) is 2. The highest BCUT2D eigenvalue weighted by molar-refractivity contribution is 6.21. The summed E-state index contributed by atoms with van der Waals surface area (Å²) in [6, 6.07) is 4.56. The number of carbonyl (C=O) groups excluding carboxylic acids is 3. The van der Waals surface area contributed by atoms with Crippen LogP contribution in [0.1, 0.15) is 41.0 Å². The number of fused-ring (bicyclic) bond motifs is 1. The number of urea groups is 1. The Balaban J connectivity index is 1.69. The normalized spacial score (nSPS) is 22.2. The van der Waals surface area contributed by atoms with Crippen molar-refractivity contribution in [3.05, 3.63) is 29.3 Å². The molecule has 1 N–H and O–H groups in total. The number of benzene rings is 1. The molecule has 0 saturated carbocycles. The van der Waals surface area contributed by atoms with E-state index in [0.717, 1.165) is 0 Å². The lowest BCUT2D eigenvalue weighted by molar-refractivity contribution is -0.0530. The number of hydrogen-bond acceptors (Lipinski definition) is 5. The van der Waals surface area contributed by atoms with Crippen molar-refractivity contribution in [2.45, 2.75) is 32.5 Å². The van der Waals surface area contributed by atoms with E-state index in [1.165, 1.54) is 4.90 Å². The van der Waals surface area contributed by atoms with Gasteiger partial charge in [0.1, 0.15) is 0 Å². The summed E-state index contributed by atoms with van der Waals surface area (Å²) in [6.45, 7) is 5.65. The van der Waals surface area contributed by atoms with Gasteiger partial charge in [0.05, 0.1) is 23.3 Å². The molecule has 1 saturated heterocycles. The highest BCUT2D eigenvalue weighted by Crippen LogP contribution is 2.26. The van der Waals surface area contributed by atoms with Crippen LogP contribution in [0.2, 0.25) is 0 Å². The Kier molecular flexibility index (Phi) is 5.76. The van der Waals surface area contributed by atoms with Crippen molar-refractivity contribution >= 4 is 23.5 Å². The second-order valence-electron chi connectivity index (χ2n) is 6.96. The van der Waals surface area contributed by atoms with E-state index in [1.807, 2.05) is 13.8 Å². The number of nitrogens with one attached hydrogen (secondary N) is 1. The second-order valence-corrected chi connectivity index (χ2v) is 6.96. The Morgan fingerprint density at radius 2 is 1.85 bits per heavy atom. The van der Waals surface area contributed by atoms with Crippen molar-refractivity contribution in [2.75, 3.05) is 38.7 Å². The van der Waals surface area contributed by atoms with E-state index in [0.29, 0.717) is 49.5 Å². The van der Waals surface area contributed by atoms with E-state index < -0.39 is 0 Å². The van der Waals surface area contributed by atoms with E-state index in [2.05, 4.69) is 5.32 Å². The van der Waals surface area contributed by atoms with Crippen LogP contribution in [0.15, 0.2) is 18.2 Å². The lowest BCUT2D eigenvalue weighted by Crippen LogP contribution is -2.49. The topological polar surface area (TPSA) is 88.2 Å². The first-order valence-electron chi connectivity index (χ1n) is 9.11. The first-order chi connectivity index (χ1) is 12.9. The van der Waals surface area contributed by atoms with Crippen LogP contribution in [0.4, 0.5) is 10.5 Å². The third kappa shape index (κ3) is 4.12. The molecule has 0 spiro atoms. The second kappa shape index (κ2) is 8.06. The summed E-state index contributed by atoms with van der Waals surface area (Å²) < 4.78 is 10.6. The number of imide groups is 1. The Labute approximate surface area is 158 Å². The Morgan fingerprint density at radius 1 is 1.19 bits per heavy atom. The summed E-state index contributed by atoms with van der Waals surface area (Å²) in [7, 11) is 1.58. The Hall–Kier alpha value is -2.45. The predicted molar refractivity (Wildman–Crippen MR) is 98.9 cm³/mol. The number of rotatable bonds is 5. The molecular weight excluding hydrogens is 350 g/mol. The molecule has 0 bridgehead atoms. The minimum atomic E-state index is -0.337. The van der Waals surface area contributed by atoms with E-state index >= 15 is 0 Å². The Bertz CT molecular complexity index is 741. The molecule has 2 unspecified atom stereocenters. The van der Waals surface area contributed by atoms with Gasteiger partial charge in [-0.25, -0.2) is 4.79 Å². The molecule has 0 aliphatic carbocycles. The predicted octanol–water partition coefficient (Wildman–Crippen LogP) is 1.96. The molecule has 1 aromatic rings. The molecule has 4 amide bonds. The maximum atomic E-state index is 12.6. The first kappa shape index (κ1) is 19.3. The highest BCUT2D eigenvalue weighted by atomic mass is 16.5. The minimum Gasteiger partial charge on any atom is -0.385 e. The van der Waals surface area contributed by atoms with Crippen LogP contribution in [0.5, 0.6) is 0 Å². The van der Waals surface area contributed by atoms with Gasteiger partial charge >= 0.3 is 6.03 Å². The number of anilines is 1. The van der Waals surface area contributed by atoms with Gasteiger partial charge in [0, 0.05) is 39.0 Å². The molecule has 146 valence electrons. The number of amides is 4. The van der Waals surface area contributed by atoms with Crippen LogP contribution >= 0.6 is 0 Å². The zero-order chi connectivity index (χ0) is 19.6. The van der Waals surface area contributed by atoms with Crippen LogP contribution in [0, 0.1) is 0 Å². The van der Waals surface area contributed by atoms with Crippen molar-refractivity contribution in [1.82, 2.24) is 9.80 Å². The maximum Gasteiger partial charge on any atom is 0.322 e. The van der Waals surface area contributed by atoms with Crippen LogP contribution in [-0.4, -0.2) is 73.2 Å². The van der Waals surface area contributed by atoms with Crippen molar-refractivity contribution in [3.8, 4) is 0 Å². The van der Waals surface area contributed by atoms with Gasteiger partial charge in [-0.2, -0.15) is 0 Å². The average molecular weight is 375 g/mol. The Morgan fingerprint density at radius 3 is 2.52 bits per heavy atom. The minimum absolute atomic E-state index is 0.0284. The fourth-order valence-electron chi connectivity index (χ4n) is 3.48. The molecule has 1 aromatic carbocycles. The van der Waals surface area contributed by atoms with E-state index in [4.69, 9.17) is 9.47 Å². The van der Waals surface area contributed by atoms with Gasteiger partial charge in [0.25, 0.3) is 11.8 Å².